The average molecular weight is 427 g/mol. The molecule has 10 nitrogen and oxygen atoms in total. The minimum absolute atomic E-state index is 0.112. The van der Waals surface area contributed by atoms with Crippen LogP contribution in [0.5, 0.6) is 0 Å². The molecular formula is C18H25N3O7S. The van der Waals surface area contributed by atoms with Gasteiger partial charge in [-0.25, -0.2) is 13.2 Å². The molecule has 1 aromatic rings. The third-order valence-electron chi connectivity index (χ3n) is 4.17. The van der Waals surface area contributed by atoms with Gasteiger partial charge in [0.2, 0.25) is 15.9 Å². The third-order valence-corrected chi connectivity index (χ3v) is 6.08. The summed E-state index contributed by atoms with van der Waals surface area (Å²) in [6, 6.07) is 4.83. The number of hydrogen-bond donors (Lipinski definition) is 2. The molecule has 11 heteroatoms. The van der Waals surface area contributed by atoms with Crippen LogP contribution < -0.4 is 10.6 Å². The lowest BCUT2D eigenvalue weighted by molar-refractivity contribution is -0.155. The first kappa shape index (κ1) is 22.8. The number of amides is 2. The molecule has 0 aliphatic carbocycles. The van der Waals surface area contributed by atoms with Crippen molar-refractivity contribution < 1.29 is 32.3 Å². The van der Waals surface area contributed by atoms with Gasteiger partial charge in [-0.15, -0.1) is 0 Å². The lowest BCUT2D eigenvalue weighted by Gasteiger charge is -2.26. The molecule has 2 amide bonds. The van der Waals surface area contributed by atoms with E-state index in [9.17, 15) is 22.8 Å². The molecule has 2 unspecified atom stereocenters. The first-order chi connectivity index (χ1) is 13.6. The Morgan fingerprint density at radius 3 is 2.24 bits per heavy atom. The second kappa shape index (κ2) is 9.81. The Labute approximate surface area is 169 Å². The lowest BCUT2D eigenvalue weighted by Crippen LogP contribution is -2.41. The molecular weight excluding hydrogens is 402 g/mol. The van der Waals surface area contributed by atoms with Crippen molar-refractivity contribution in [3.05, 3.63) is 24.3 Å². The summed E-state index contributed by atoms with van der Waals surface area (Å²) in [5.74, 6) is -1.72. The minimum atomic E-state index is -3.62. The smallest absolute Gasteiger partial charge is 0.329 e. The summed E-state index contributed by atoms with van der Waals surface area (Å²) < 4.78 is 36.7. The van der Waals surface area contributed by atoms with Gasteiger partial charge in [0.25, 0.3) is 5.91 Å². The van der Waals surface area contributed by atoms with E-state index in [1.807, 2.05) is 0 Å². The molecule has 0 spiro atoms. The van der Waals surface area contributed by atoms with Gasteiger partial charge >= 0.3 is 5.97 Å². The van der Waals surface area contributed by atoms with Crippen LogP contribution in [0.3, 0.4) is 0 Å². The molecule has 29 heavy (non-hydrogen) atoms. The number of carbonyl (C=O) groups is 3. The molecule has 2 atom stereocenters. The summed E-state index contributed by atoms with van der Waals surface area (Å²) in [6.45, 7) is 5.39. The summed E-state index contributed by atoms with van der Waals surface area (Å²) in [6.07, 6.45) is -1.10. The summed E-state index contributed by atoms with van der Waals surface area (Å²) >= 11 is 0. The Kier molecular flexibility index (Phi) is 7.71. The number of sulfonamides is 1. The standard InChI is InChI=1S/C18H25N3O7S/c1-12(19-14(3)22)18(24)28-13(2)17(23)20-15-4-6-16(7-5-15)29(25,26)21-8-10-27-11-9-21/h4-7,12-13H,8-11H2,1-3H3,(H,19,22)(H,20,23). The highest BCUT2D eigenvalue weighted by atomic mass is 32.2. The Morgan fingerprint density at radius 2 is 1.69 bits per heavy atom. The van der Waals surface area contributed by atoms with Crippen molar-refractivity contribution in [1.29, 1.82) is 0 Å². The molecule has 0 bridgehead atoms. The molecule has 0 saturated carbocycles. The van der Waals surface area contributed by atoms with E-state index < -0.39 is 40.0 Å². The van der Waals surface area contributed by atoms with Gasteiger partial charge in [-0.1, -0.05) is 0 Å². The zero-order chi connectivity index (χ0) is 21.6. The van der Waals surface area contributed by atoms with E-state index in [0.717, 1.165) is 0 Å². The van der Waals surface area contributed by atoms with Crippen LogP contribution in [0.25, 0.3) is 0 Å². The minimum Gasteiger partial charge on any atom is -0.451 e. The zero-order valence-electron chi connectivity index (χ0n) is 16.5. The van der Waals surface area contributed by atoms with Crippen molar-refractivity contribution in [2.75, 3.05) is 31.6 Å². The Hall–Kier alpha value is -2.50. The predicted molar refractivity (Wildman–Crippen MR) is 103 cm³/mol. The summed E-state index contributed by atoms with van der Waals surface area (Å²) in [4.78, 5) is 35.1. The van der Waals surface area contributed by atoms with E-state index in [-0.39, 0.29) is 4.90 Å². The monoisotopic (exact) mass is 427 g/mol. The molecule has 1 aromatic carbocycles. The molecule has 1 saturated heterocycles. The van der Waals surface area contributed by atoms with Crippen molar-refractivity contribution in [3.63, 3.8) is 0 Å². The molecule has 1 fully saturated rings. The van der Waals surface area contributed by atoms with Crippen molar-refractivity contribution in [2.45, 2.75) is 37.8 Å². The number of morpholine rings is 1. The van der Waals surface area contributed by atoms with Crippen molar-refractivity contribution >= 4 is 33.5 Å². The SMILES string of the molecule is CC(=O)NC(C)C(=O)OC(C)C(=O)Nc1ccc(S(=O)(=O)N2CCOCC2)cc1. The number of anilines is 1. The van der Waals surface area contributed by atoms with Crippen LogP contribution in [0, 0.1) is 0 Å². The van der Waals surface area contributed by atoms with Gasteiger partial charge in [-0.05, 0) is 38.1 Å². The first-order valence-corrected chi connectivity index (χ1v) is 10.5. The maximum atomic E-state index is 12.6. The van der Waals surface area contributed by atoms with Crippen molar-refractivity contribution in [2.24, 2.45) is 0 Å². The highest BCUT2D eigenvalue weighted by Crippen LogP contribution is 2.19. The van der Waals surface area contributed by atoms with Gasteiger partial charge in [0, 0.05) is 25.7 Å². The summed E-state index contributed by atoms with van der Waals surface area (Å²) in [5.41, 5.74) is 0.355. The number of hydrogen-bond acceptors (Lipinski definition) is 7. The second-order valence-electron chi connectivity index (χ2n) is 6.53. The van der Waals surface area contributed by atoms with Gasteiger partial charge in [0.15, 0.2) is 6.10 Å². The first-order valence-electron chi connectivity index (χ1n) is 9.07. The maximum Gasteiger partial charge on any atom is 0.329 e. The number of rotatable bonds is 7. The number of carbonyl (C=O) groups excluding carboxylic acids is 3. The average Bonchev–Trinajstić information content (AvgIpc) is 2.68. The van der Waals surface area contributed by atoms with Crippen LogP contribution in [0.4, 0.5) is 5.69 Å². The molecule has 1 aliphatic heterocycles. The molecule has 2 N–H and O–H groups in total. The predicted octanol–water partition coefficient (Wildman–Crippen LogP) is 0.102. The zero-order valence-corrected chi connectivity index (χ0v) is 17.3. The van der Waals surface area contributed by atoms with E-state index >= 15 is 0 Å². The van der Waals surface area contributed by atoms with Gasteiger partial charge in [-0.2, -0.15) is 4.31 Å². The molecule has 1 aliphatic rings. The quantitative estimate of drug-likeness (QED) is 0.590. The largest absolute Gasteiger partial charge is 0.451 e. The summed E-state index contributed by atoms with van der Waals surface area (Å²) in [7, 11) is -3.62. The van der Waals surface area contributed by atoms with Crippen LogP contribution in [0.15, 0.2) is 29.2 Å². The third kappa shape index (κ3) is 6.24. The fourth-order valence-corrected chi connectivity index (χ4v) is 3.99. The van der Waals surface area contributed by atoms with Crippen LogP contribution >= 0.6 is 0 Å². The molecule has 2 rings (SSSR count). The number of nitrogens with one attached hydrogen (secondary N) is 2. The Balaban J connectivity index is 1.95. The Morgan fingerprint density at radius 1 is 1.10 bits per heavy atom. The van der Waals surface area contributed by atoms with E-state index in [0.29, 0.717) is 32.0 Å². The normalized spacial score (nSPS) is 17.1. The van der Waals surface area contributed by atoms with E-state index in [4.69, 9.17) is 9.47 Å². The maximum absolute atomic E-state index is 12.6. The van der Waals surface area contributed by atoms with Crippen LogP contribution in [-0.2, 0) is 33.9 Å². The number of benzene rings is 1. The van der Waals surface area contributed by atoms with Crippen LogP contribution in [0.1, 0.15) is 20.8 Å². The number of ether oxygens (including phenoxy) is 2. The van der Waals surface area contributed by atoms with Gasteiger partial charge in [0.05, 0.1) is 18.1 Å². The van der Waals surface area contributed by atoms with Crippen molar-refractivity contribution in [1.82, 2.24) is 9.62 Å². The fourth-order valence-electron chi connectivity index (χ4n) is 2.58. The summed E-state index contributed by atoms with van der Waals surface area (Å²) in [5, 5.41) is 4.92. The van der Waals surface area contributed by atoms with Gasteiger partial charge < -0.3 is 20.1 Å². The highest BCUT2D eigenvalue weighted by Gasteiger charge is 2.26. The lowest BCUT2D eigenvalue weighted by atomic mass is 10.3. The van der Waals surface area contributed by atoms with Crippen molar-refractivity contribution in [3.8, 4) is 0 Å². The number of nitrogens with zero attached hydrogens (tertiary/aromatic N) is 1. The van der Waals surface area contributed by atoms with Crippen LogP contribution in [0.2, 0.25) is 0 Å². The van der Waals surface area contributed by atoms with Gasteiger partial charge in [0.1, 0.15) is 6.04 Å². The van der Waals surface area contributed by atoms with Gasteiger partial charge in [-0.3, -0.25) is 9.59 Å². The molecule has 1 heterocycles. The molecule has 0 radical (unpaired) electrons. The highest BCUT2D eigenvalue weighted by molar-refractivity contribution is 7.89. The second-order valence-corrected chi connectivity index (χ2v) is 8.47. The number of esters is 1. The fraction of sp³-hybridized carbons (Fsp3) is 0.500. The topological polar surface area (TPSA) is 131 Å². The molecule has 160 valence electrons. The van der Waals surface area contributed by atoms with E-state index in [1.165, 1.54) is 49.3 Å². The van der Waals surface area contributed by atoms with E-state index in [1.54, 1.807) is 0 Å². The van der Waals surface area contributed by atoms with Crippen LogP contribution in [-0.4, -0.2) is 69.0 Å². The molecule has 0 aromatic heterocycles. The van der Waals surface area contributed by atoms with E-state index in [2.05, 4.69) is 10.6 Å². The Bertz CT molecular complexity index is 849.